The van der Waals surface area contributed by atoms with Crippen LogP contribution in [0.2, 0.25) is 0 Å². The smallest absolute Gasteiger partial charge is 0.406 e. The number of imidazole rings is 1. The van der Waals surface area contributed by atoms with Crippen molar-refractivity contribution in [3.8, 4) is 5.75 Å². The lowest BCUT2D eigenvalue weighted by Gasteiger charge is -2.11. The Bertz CT molecular complexity index is 748. The highest BCUT2D eigenvalue weighted by molar-refractivity contribution is 5.74. The molecule has 0 saturated carbocycles. The van der Waals surface area contributed by atoms with Crippen molar-refractivity contribution in [1.29, 1.82) is 0 Å². The minimum absolute atomic E-state index is 0.325. The fourth-order valence-corrected chi connectivity index (χ4v) is 2.11. The number of aliphatic hydroxyl groups is 1. The van der Waals surface area contributed by atoms with Gasteiger partial charge in [-0.05, 0) is 29.8 Å². The van der Waals surface area contributed by atoms with Crippen LogP contribution in [0.15, 0.2) is 48.5 Å². The van der Waals surface area contributed by atoms with E-state index in [9.17, 15) is 18.3 Å². The Morgan fingerprint density at radius 2 is 1.73 bits per heavy atom. The maximum Gasteiger partial charge on any atom is 0.573 e. The molecular weight excluding hydrogens is 297 g/mol. The molecule has 0 aliphatic rings. The quantitative estimate of drug-likeness (QED) is 0.778. The molecule has 0 aliphatic carbocycles. The van der Waals surface area contributed by atoms with E-state index in [4.69, 9.17) is 0 Å². The van der Waals surface area contributed by atoms with Crippen LogP contribution in [0, 0.1) is 0 Å². The van der Waals surface area contributed by atoms with E-state index in [-0.39, 0.29) is 5.75 Å². The standard InChI is InChI=1S/C15H11F3N2O2/c16-15(17,18)22-10-7-5-9(6-8-10)13(21)14-19-11-3-1-2-4-12(11)20-14/h1-8,13,21H,(H,19,20). The number of hydrogen-bond acceptors (Lipinski definition) is 3. The van der Waals surface area contributed by atoms with Gasteiger partial charge in [-0.3, -0.25) is 0 Å². The Hall–Kier alpha value is -2.54. The molecule has 2 aromatic carbocycles. The highest BCUT2D eigenvalue weighted by Crippen LogP contribution is 2.26. The van der Waals surface area contributed by atoms with Crippen LogP contribution in [0.3, 0.4) is 0 Å². The molecule has 7 heteroatoms. The van der Waals surface area contributed by atoms with E-state index >= 15 is 0 Å². The maximum absolute atomic E-state index is 12.1. The van der Waals surface area contributed by atoms with Crippen molar-refractivity contribution in [1.82, 2.24) is 9.97 Å². The predicted octanol–water partition coefficient (Wildman–Crippen LogP) is 3.54. The lowest BCUT2D eigenvalue weighted by atomic mass is 10.1. The van der Waals surface area contributed by atoms with Gasteiger partial charge >= 0.3 is 6.36 Å². The second kappa shape index (κ2) is 5.34. The summed E-state index contributed by atoms with van der Waals surface area (Å²) in [5.74, 6) is -0.0151. The number of fused-ring (bicyclic) bond motifs is 1. The van der Waals surface area contributed by atoms with Gasteiger partial charge in [-0.15, -0.1) is 13.2 Å². The van der Waals surface area contributed by atoms with E-state index in [1.165, 1.54) is 12.1 Å². The minimum Gasteiger partial charge on any atom is -0.406 e. The van der Waals surface area contributed by atoms with Crippen LogP contribution in [0.4, 0.5) is 13.2 Å². The largest absolute Gasteiger partial charge is 0.573 e. The number of para-hydroxylation sites is 2. The highest BCUT2D eigenvalue weighted by atomic mass is 19.4. The number of ether oxygens (including phenoxy) is 1. The first-order valence-electron chi connectivity index (χ1n) is 6.41. The summed E-state index contributed by atoms with van der Waals surface area (Å²) in [7, 11) is 0. The molecule has 4 nitrogen and oxygen atoms in total. The molecule has 0 saturated heterocycles. The topological polar surface area (TPSA) is 58.1 Å². The molecule has 1 heterocycles. The summed E-state index contributed by atoms with van der Waals surface area (Å²) in [6, 6.07) is 12.3. The summed E-state index contributed by atoms with van der Waals surface area (Å²) in [5.41, 5.74) is 1.88. The molecule has 0 amide bonds. The van der Waals surface area contributed by atoms with Crippen LogP contribution >= 0.6 is 0 Å². The number of alkyl halides is 3. The number of nitrogens with one attached hydrogen (secondary N) is 1. The van der Waals surface area contributed by atoms with Gasteiger partial charge in [0.2, 0.25) is 0 Å². The number of aromatic amines is 1. The van der Waals surface area contributed by atoms with Gasteiger partial charge in [-0.25, -0.2) is 4.98 Å². The average molecular weight is 308 g/mol. The third-order valence-electron chi connectivity index (χ3n) is 3.10. The molecule has 22 heavy (non-hydrogen) atoms. The fraction of sp³-hybridized carbons (Fsp3) is 0.133. The Morgan fingerprint density at radius 1 is 1.05 bits per heavy atom. The van der Waals surface area contributed by atoms with E-state index in [2.05, 4.69) is 14.7 Å². The van der Waals surface area contributed by atoms with Crippen molar-refractivity contribution >= 4 is 11.0 Å². The maximum atomic E-state index is 12.1. The zero-order valence-corrected chi connectivity index (χ0v) is 11.1. The summed E-state index contributed by atoms with van der Waals surface area (Å²) >= 11 is 0. The van der Waals surface area contributed by atoms with Crippen LogP contribution in [-0.2, 0) is 0 Å². The molecule has 0 fully saturated rings. The molecule has 0 aliphatic heterocycles. The SMILES string of the molecule is OC(c1ccc(OC(F)(F)F)cc1)c1nc2ccccc2[nH]1. The fourth-order valence-electron chi connectivity index (χ4n) is 2.11. The van der Waals surface area contributed by atoms with Crippen molar-refractivity contribution in [3.63, 3.8) is 0 Å². The molecular formula is C15H11F3N2O2. The summed E-state index contributed by atoms with van der Waals surface area (Å²) in [6.07, 6.45) is -5.80. The van der Waals surface area contributed by atoms with Crippen LogP contribution < -0.4 is 4.74 Å². The number of nitrogens with zero attached hydrogens (tertiary/aromatic N) is 1. The number of rotatable bonds is 3. The first kappa shape index (κ1) is 14.4. The third kappa shape index (κ3) is 3.04. The normalized spacial score (nSPS) is 13.3. The van der Waals surface area contributed by atoms with E-state index in [0.29, 0.717) is 16.9 Å². The summed E-state index contributed by atoms with van der Waals surface area (Å²) in [5, 5.41) is 10.3. The average Bonchev–Trinajstić information content (AvgIpc) is 2.89. The molecule has 0 spiro atoms. The Balaban J connectivity index is 1.83. The van der Waals surface area contributed by atoms with E-state index in [0.717, 1.165) is 17.6 Å². The number of benzene rings is 2. The molecule has 0 bridgehead atoms. The van der Waals surface area contributed by atoms with Gasteiger partial charge in [0.15, 0.2) is 0 Å². The molecule has 3 aromatic rings. The van der Waals surface area contributed by atoms with Gasteiger partial charge in [0.1, 0.15) is 17.7 Å². The number of halogens is 3. The second-order valence-electron chi connectivity index (χ2n) is 4.66. The zero-order chi connectivity index (χ0) is 15.7. The molecule has 114 valence electrons. The number of aliphatic hydroxyl groups excluding tert-OH is 1. The van der Waals surface area contributed by atoms with E-state index < -0.39 is 12.5 Å². The first-order valence-corrected chi connectivity index (χ1v) is 6.41. The van der Waals surface area contributed by atoms with Gasteiger partial charge < -0.3 is 14.8 Å². The van der Waals surface area contributed by atoms with Crippen LogP contribution in [0.1, 0.15) is 17.5 Å². The lowest BCUT2D eigenvalue weighted by Crippen LogP contribution is -2.17. The van der Waals surface area contributed by atoms with Crippen molar-refractivity contribution in [2.75, 3.05) is 0 Å². The molecule has 0 radical (unpaired) electrons. The molecule has 3 rings (SSSR count). The van der Waals surface area contributed by atoms with Gasteiger partial charge in [-0.2, -0.15) is 0 Å². The van der Waals surface area contributed by atoms with E-state index in [1.807, 2.05) is 18.2 Å². The van der Waals surface area contributed by atoms with Crippen molar-refractivity contribution < 1.29 is 23.0 Å². The summed E-state index contributed by atoms with van der Waals surface area (Å²) in [6.45, 7) is 0. The van der Waals surface area contributed by atoms with Crippen LogP contribution in [0.5, 0.6) is 5.75 Å². The number of hydrogen-bond donors (Lipinski definition) is 2. The Labute approximate surface area is 123 Å². The van der Waals surface area contributed by atoms with Gasteiger partial charge in [0.05, 0.1) is 11.0 Å². The third-order valence-corrected chi connectivity index (χ3v) is 3.10. The molecule has 1 aromatic heterocycles. The zero-order valence-electron chi connectivity index (χ0n) is 11.1. The first-order chi connectivity index (χ1) is 10.4. The molecule has 1 unspecified atom stereocenters. The molecule has 2 N–H and O–H groups in total. The Kier molecular flexibility index (Phi) is 3.50. The van der Waals surface area contributed by atoms with Crippen molar-refractivity contribution in [3.05, 3.63) is 59.9 Å². The summed E-state index contributed by atoms with van der Waals surface area (Å²) < 4.78 is 40.1. The van der Waals surface area contributed by atoms with Crippen LogP contribution in [-0.4, -0.2) is 21.4 Å². The van der Waals surface area contributed by atoms with Crippen molar-refractivity contribution in [2.45, 2.75) is 12.5 Å². The number of H-pyrrole nitrogens is 1. The monoisotopic (exact) mass is 308 g/mol. The van der Waals surface area contributed by atoms with Gasteiger partial charge in [0, 0.05) is 0 Å². The van der Waals surface area contributed by atoms with Gasteiger partial charge in [0.25, 0.3) is 0 Å². The lowest BCUT2D eigenvalue weighted by molar-refractivity contribution is -0.274. The highest BCUT2D eigenvalue weighted by Gasteiger charge is 2.31. The second-order valence-corrected chi connectivity index (χ2v) is 4.66. The minimum atomic E-state index is -4.74. The van der Waals surface area contributed by atoms with Gasteiger partial charge in [-0.1, -0.05) is 24.3 Å². The van der Waals surface area contributed by atoms with Crippen LogP contribution in [0.25, 0.3) is 11.0 Å². The van der Waals surface area contributed by atoms with E-state index in [1.54, 1.807) is 6.07 Å². The molecule has 1 atom stereocenters. The predicted molar refractivity (Wildman–Crippen MR) is 73.3 cm³/mol. The Morgan fingerprint density at radius 3 is 2.36 bits per heavy atom. The van der Waals surface area contributed by atoms with Crippen molar-refractivity contribution in [2.24, 2.45) is 0 Å². The summed E-state index contributed by atoms with van der Waals surface area (Å²) in [4.78, 5) is 7.23. The number of aromatic nitrogens is 2.